The molecule has 2 rings (SSSR count). The van der Waals surface area contributed by atoms with Gasteiger partial charge in [0.05, 0.1) is 0 Å². The van der Waals surface area contributed by atoms with Crippen LogP contribution in [0.2, 0.25) is 5.15 Å². The van der Waals surface area contributed by atoms with Crippen LogP contribution in [0.3, 0.4) is 0 Å². The van der Waals surface area contributed by atoms with E-state index in [0.29, 0.717) is 17.7 Å². The Labute approximate surface area is 130 Å². The molecule has 0 saturated heterocycles. The van der Waals surface area contributed by atoms with E-state index in [2.05, 4.69) is 27.5 Å². The molecule has 1 aromatic heterocycles. The summed E-state index contributed by atoms with van der Waals surface area (Å²) in [6.07, 6.45) is 2.99. The first kappa shape index (κ1) is 15.5. The highest BCUT2D eigenvalue weighted by molar-refractivity contribution is 14.0. The van der Waals surface area contributed by atoms with E-state index < -0.39 is 0 Å². The van der Waals surface area contributed by atoms with Gasteiger partial charge >= 0.3 is 0 Å². The second kappa shape index (κ2) is 7.13. The fourth-order valence-corrected chi connectivity index (χ4v) is 1.70. The summed E-state index contributed by atoms with van der Waals surface area (Å²) in [7, 11) is 1.78. The van der Waals surface area contributed by atoms with E-state index in [9.17, 15) is 0 Å². The predicted octanol–water partition coefficient (Wildman–Crippen LogP) is 2.43. The van der Waals surface area contributed by atoms with Crippen LogP contribution >= 0.6 is 35.6 Å². The maximum absolute atomic E-state index is 5.73. The molecule has 0 aromatic carbocycles. The molecule has 4 nitrogen and oxygen atoms in total. The summed E-state index contributed by atoms with van der Waals surface area (Å²) in [5.41, 5.74) is 1.08. The van der Waals surface area contributed by atoms with Gasteiger partial charge in [-0.25, -0.2) is 4.98 Å². The molecule has 1 heterocycles. The van der Waals surface area contributed by atoms with Gasteiger partial charge in [-0.2, -0.15) is 0 Å². The Bertz CT molecular complexity index is 407. The van der Waals surface area contributed by atoms with Crippen molar-refractivity contribution in [2.45, 2.75) is 25.9 Å². The van der Waals surface area contributed by atoms with Gasteiger partial charge in [0.15, 0.2) is 5.96 Å². The lowest BCUT2D eigenvalue weighted by atomic mass is 10.3. The van der Waals surface area contributed by atoms with Crippen molar-refractivity contribution in [1.29, 1.82) is 0 Å². The number of nitrogens with one attached hydrogen (secondary N) is 2. The zero-order chi connectivity index (χ0) is 12.3. The number of aliphatic imine (C=N–C) groups is 1. The highest BCUT2D eigenvalue weighted by atomic mass is 127. The van der Waals surface area contributed by atoms with Crippen LogP contribution in [0, 0.1) is 5.92 Å². The smallest absolute Gasteiger partial charge is 0.191 e. The summed E-state index contributed by atoms with van der Waals surface area (Å²) in [5, 5.41) is 7.13. The number of pyridine rings is 1. The lowest BCUT2D eigenvalue weighted by molar-refractivity contribution is 0.762. The largest absolute Gasteiger partial charge is 0.353 e. The fourth-order valence-electron chi connectivity index (χ4n) is 1.59. The molecule has 1 aliphatic carbocycles. The number of nitrogens with zero attached hydrogens (tertiary/aromatic N) is 2. The van der Waals surface area contributed by atoms with E-state index in [1.165, 1.54) is 6.42 Å². The van der Waals surface area contributed by atoms with Crippen LogP contribution in [-0.2, 0) is 6.54 Å². The van der Waals surface area contributed by atoms with Crippen LogP contribution in [0.4, 0.5) is 0 Å². The van der Waals surface area contributed by atoms with E-state index in [1.807, 2.05) is 6.07 Å². The van der Waals surface area contributed by atoms with E-state index >= 15 is 0 Å². The van der Waals surface area contributed by atoms with Crippen LogP contribution in [-0.4, -0.2) is 24.0 Å². The maximum Gasteiger partial charge on any atom is 0.191 e. The fraction of sp³-hybridized carbons (Fsp3) is 0.500. The minimum atomic E-state index is 0. The number of aromatic nitrogens is 1. The molecule has 0 radical (unpaired) electrons. The molecule has 0 bridgehead atoms. The second-order valence-electron chi connectivity index (χ2n) is 4.38. The van der Waals surface area contributed by atoms with Crippen molar-refractivity contribution in [1.82, 2.24) is 15.6 Å². The Morgan fingerprint density at radius 3 is 2.78 bits per heavy atom. The molecule has 18 heavy (non-hydrogen) atoms. The molecule has 2 N–H and O–H groups in total. The first-order valence-electron chi connectivity index (χ1n) is 5.76. The Balaban J connectivity index is 0.00000162. The molecule has 100 valence electrons. The first-order valence-corrected chi connectivity index (χ1v) is 6.14. The van der Waals surface area contributed by atoms with Crippen molar-refractivity contribution in [3.05, 3.63) is 29.0 Å². The summed E-state index contributed by atoms with van der Waals surface area (Å²) >= 11 is 5.73. The zero-order valence-electron chi connectivity index (χ0n) is 10.5. The quantitative estimate of drug-likeness (QED) is 0.366. The summed E-state index contributed by atoms with van der Waals surface area (Å²) in [6.45, 7) is 2.93. The van der Waals surface area contributed by atoms with Crippen molar-refractivity contribution in [3.63, 3.8) is 0 Å². The summed E-state index contributed by atoms with van der Waals surface area (Å²) in [6, 6.07) is 4.32. The minimum Gasteiger partial charge on any atom is -0.353 e. The Morgan fingerprint density at radius 1 is 1.56 bits per heavy atom. The van der Waals surface area contributed by atoms with Crippen molar-refractivity contribution in [2.75, 3.05) is 7.05 Å². The van der Waals surface area contributed by atoms with Crippen LogP contribution in [0.15, 0.2) is 23.3 Å². The highest BCUT2D eigenvalue weighted by Crippen LogP contribution is 2.28. The van der Waals surface area contributed by atoms with E-state index in [-0.39, 0.29) is 24.0 Å². The molecule has 1 saturated carbocycles. The molecule has 1 fully saturated rings. The van der Waals surface area contributed by atoms with Gasteiger partial charge in [-0.05, 0) is 24.0 Å². The van der Waals surface area contributed by atoms with Crippen molar-refractivity contribution in [2.24, 2.45) is 10.9 Å². The molecular weight excluding hydrogens is 363 g/mol. The Hall–Kier alpha value is -0.560. The third kappa shape index (κ3) is 4.61. The van der Waals surface area contributed by atoms with Gasteiger partial charge in [0.25, 0.3) is 0 Å². The number of hydrogen-bond donors (Lipinski definition) is 2. The Morgan fingerprint density at radius 2 is 2.28 bits per heavy atom. The molecule has 1 aromatic rings. The average Bonchev–Trinajstić information content (AvgIpc) is 3.02. The number of guanidine groups is 1. The van der Waals surface area contributed by atoms with E-state index in [4.69, 9.17) is 11.6 Å². The standard InChI is InChI=1S/C12H17ClN4.HI/c1-8-5-10(8)17-12(14-2)16-7-9-3-4-11(13)15-6-9;/h3-4,6,8,10H,5,7H2,1-2H3,(H2,14,16,17);1H. The third-order valence-corrected chi connectivity index (χ3v) is 3.13. The van der Waals surface area contributed by atoms with Crippen molar-refractivity contribution in [3.8, 4) is 0 Å². The molecule has 0 aliphatic heterocycles. The lowest BCUT2D eigenvalue weighted by Crippen LogP contribution is -2.38. The number of hydrogen-bond acceptors (Lipinski definition) is 2. The molecule has 2 atom stereocenters. The Kier molecular flexibility index (Phi) is 6.14. The lowest BCUT2D eigenvalue weighted by Gasteiger charge is -2.11. The van der Waals surface area contributed by atoms with Gasteiger partial charge in [0, 0.05) is 25.8 Å². The molecule has 2 unspecified atom stereocenters. The minimum absolute atomic E-state index is 0. The summed E-state index contributed by atoms with van der Waals surface area (Å²) in [4.78, 5) is 8.22. The molecule has 6 heteroatoms. The number of rotatable bonds is 3. The molecule has 0 amide bonds. The van der Waals surface area contributed by atoms with Crippen molar-refractivity contribution < 1.29 is 0 Å². The van der Waals surface area contributed by atoms with Crippen LogP contribution < -0.4 is 10.6 Å². The van der Waals surface area contributed by atoms with Gasteiger partial charge in [-0.1, -0.05) is 24.6 Å². The van der Waals surface area contributed by atoms with Gasteiger partial charge in [-0.15, -0.1) is 24.0 Å². The first-order chi connectivity index (χ1) is 8.19. The van der Waals surface area contributed by atoms with Gasteiger partial charge in [0.2, 0.25) is 0 Å². The van der Waals surface area contributed by atoms with Crippen LogP contribution in [0.1, 0.15) is 18.9 Å². The molecular formula is C12H18ClIN4. The van der Waals surface area contributed by atoms with Gasteiger partial charge < -0.3 is 10.6 Å². The average molecular weight is 381 g/mol. The van der Waals surface area contributed by atoms with Gasteiger partial charge in [-0.3, -0.25) is 4.99 Å². The monoisotopic (exact) mass is 380 g/mol. The molecule has 0 spiro atoms. The van der Waals surface area contributed by atoms with Crippen LogP contribution in [0.25, 0.3) is 0 Å². The maximum atomic E-state index is 5.73. The molecule has 1 aliphatic rings. The summed E-state index contributed by atoms with van der Waals surface area (Å²) < 4.78 is 0. The number of halogens is 2. The topological polar surface area (TPSA) is 49.3 Å². The van der Waals surface area contributed by atoms with Crippen molar-refractivity contribution >= 4 is 41.5 Å². The summed E-state index contributed by atoms with van der Waals surface area (Å²) in [5.74, 6) is 1.60. The zero-order valence-corrected chi connectivity index (χ0v) is 13.6. The van der Waals surface area contributed by atoms with Crippen LogP contribution in [0.5, 0.6) is 0 Å². The predicted molar refractivity (Wildman–Crippen MR) is 85.6 cm³/mol. The van der Waals surface area contributed by atoms with E-state index in [0.717, 1.165) is 17.4 Å². The second-order valence-corrected chi connectivity index (χ2v) is 4.77. The van der Waals surface area contributed by atoms with Gasteiger partial charge in [0.1, 0.15) is 5.15 Å². The normalized spacial score (nSPS) is 22.1. The van der Waals surface area contributed by atoms with E-state index in [1.54, 1.807) is 19.3 Å². The third-order valence-electron chi connectivity index (χ3n) is 2.90. The SMILES string of the molecule is CN=C(NCc1ccc(Cl)nc1)NC1CC1C.I. The highest BCUT2D eigenvalue weighted by Gasteiger charge is 2.33.